The maximum Gasteiger partial charge on any atom is 0.255 e. The van der Waals surface area contributed by atoms with Crippen molar-refractivity contribution >= 4 is 11.6 Å². The fourth-order valence-electron chi connectivity index (χ4n) is 2.41. The SMILES string of the molecule is Cc1cncc(C(=O)N(Cc2ccc(N)cc2)C2CC2)c1. The summed E-state index contributed by atoms with van der Waals surface area (Å²) < 4.78 is 0. The van der Waals surface area contributed by atoms with Gasteiger partial charge in [-0.15, -0.1) is 0 Å². The van der Waals surface area contributed by atoms with Crippen LogP contribution < -0.4 is 5.73 Å². The third-order valence-corrected chi connectivity index (χ3v) is 3.70. The van der Waals surface area contributed by atoms with Gasteiger partial charge < -0.3 is 10.6 Å². The molecule has 0 bridgehead atoms. The molecule has 1 aliphatic carbocycles. The molecular weight excluding hydrogens is 262 g/mol. The Morgan fingerprint density at radius 1 is 1.29 bits per heavy atom. The van der Waals surface area contributed by atoms with Crippen LogP contribution in [0.3, 0.4) is 0 Å². The highest BCUT2D eigenvalue weighted by atomic mass is 16.2. The number of benzene rings is 1. The van der Waals surface area contributed by atoms with Crippen molar-refractivity contribution in [3.8, 4) is 0 Å². The predicted octanol–water partition coefficient (Wildman–Crippen LogP) is 2.78. The zero-order valence-corrected chi connectivity index (χ0v) is 12.1. The number of nitrogens with zero attached hydrogens (tertiary/aromatic N) is 2. The average Bonchev–Trinajstić information content (AvgIpc) is 3.30. The van der Waals surface area contributed by atoms with Crippen molar-refractivity contribution in [1.29, 1.82) is 0 Å². The molecule has 0 aliphatic heterocycles. The van der Waals surface area contributed by atoms with Crippen LogP contribution in [-0.4, -0.2) is 21.8 Å². The fourth-order valence-corrected chi connectivity index (χ4v) is 2.41. The molecule has 0 unspecified atom stereocenters. The van der Waals surface area contributed by atoms with Crippen LogP contribution in [0.15, 0.2) is 42.7 Å². The zero-order valence-electron chi connectivity index (χ0n) is 12.1. The summed E-state index contributed by atoms with van der Waals surface area (Å²) in [5, 5.41) is 0. The highest BCUT2D eigenvalue weighted by Gasteiger charge is 2.33. The lowest BCUT2D eigenvalue weighted by Gasteiger charge is -2.22. The molecule has 1 heterocycles. The van der Waals surface area contributed by atoms with E-state index in [0.717, 1.165) is 29.7 Å². The number of hydrogen-bond donors (Lipinski definition) is 1. The number of pyridine rings is 1. The molecule has 1 aromatic carbocycles. The second-order valence-corrected chi connectivity index (χ2v) is 5.66. The van der Waals surface area contributed by atoms with Crippen LogP contribution in [0, 0.1) is 6.92 Å². The summed E-state index contributed by atoms with van der Waals surface area (Å²) >= 11 is 0. The second kappa shape index (κ2) is 5.56. The first-order valence-electron chi connectivity index (χ1n) is 7.20. The van der Waals surface area contributed by atoms with E-state index in [1.54, 1.807) is 12.4 Å². The van der Waals surface area contributed by atoms with E-state index in [4.69, 9.17) is 5.73 Å². The number of anilines is 1. The minimum absolute atomic E-state index is 0.0607. The monoisotopic (exact) mass is 281 g/mol. The Bertz CT molecular complexity index is 647. The summed E-state index contributed by atoms with van der Waals surface area (Å²) in [4.78, 5) is 18.8. The van der Waals surface area contributed by atoms with E-state index < -0.39 is 0 Å². The molecule has 1 aliphatic rings. The number of aryl methyl sites for hydroxylation is 1. The maximum atomic E-state index is 12.7. The van der Waals surface area contributed by atoms with Gasteiger partial charge in [0.2, 0.25) is 0 Å². The Labute approximate surface area is 124 Å². The Morgan fingerprint density at radius 3 is 2.62 bits per heavy atom. The number of hydrogen-bond acceptors (Lipinski definition) is 3. The molecule has 108 valence electrons. The summed E-state index contributed by atoms with van der Waals surface area (Å²) in [6.45, 7) is 2.57. The highest BCUT2D eigenvalue weighted by Crippen LogP contribution is 2.30. The number of aromatic nitrogens is 1. The van der Waals surface area contributed by atoms with Gasteiger partial charge in [-0.3, -0.25) is 9.78 Å². The number of amides is 1. The van der Waals surface area contributed by atoms with E-state index >= 15 is 0 Å². The van der Waals surface area contributed by atoms with Crippen molar-refractivity contribution in [3.63, 3.8) is 0 Å². The van der Waals surface area contributed by atoms with Crippen LogP contribution in [0.4, 0.5) is 5.69 Å². The van der Waals surface area contributed by atoms with Crippen LogP contribution in [0.2, 0.25) is 0 Å². The molecule has 3 rings (SSSR count). The Hall–Kier alpha value is -2.36. The van der Waals surface area contributed by atoms with Gasteiger partial charge >= 0.3 is 0 Å². The molecule has 21 heavy (non-hydrogen) atoms. The number of carbonyl (C=O) groups excluding carboxylic acids is 1. The molecule has 1 amide bonds. The Balaban J connectivity index is 1.81. The molecule has 0 atom stereocenters. The van der Waals surface area contributed by atoms with Crippen LogP contribution in [-0.2, 0) is 6.54 Å². The smallest absolute Gasteiger partial charge is 0.255 e. The molecule has 1 aromatic heterocycles. The van der Waals surface area contributed by atoms with E-state index in [1.165, 1.54) is 0 Å². The Morgan fingerprint density at radius 2 is 2.00 bits per heavy atom. The van der Waals surface area contributed by atoms with Gasteiger partial charge in [-0.25, -0.2) is 0 Å². The van der Waals surface area contributed by atoms with E-state index in [9.17, 15) is 4.79 Å². The van der Waals surface area contributed by atoms with Crippen LogP contribution in [0.1, 0.15) is 34.3 Å². The first-order chi connectivity index (χ1) is 10.1. The summed E-state index contributed by atoms with van der Waals surface area (Å²) in [6, 6.07) is 9.96. The molecule has 0 saturated heterocycles. The van der Waals surface area contributed by atoms with Gasteiger partial charge in [0.05, 0.1) is 5.56 Å². The van der Waals surface area contributed by atoms with E-state index in [0.29, 0.717) is 18.2 Å². The van der Waals surface area contributed by atoms with Gasteiger partial charge in [0.1, 0.15) is 0 Å². The third kappa shape index (κ3) is 3.21. The molecule has 4 nitrogen and oxygen atoms in total. The van der Waals surface area contributed by atoms with Crippen LogP contribution in [0.5, 0.6) is 0 Å². The molecule has 0 radical (unpaired) electrons. The van der Waals surface area contributed by atoms with Gasteiger partial charge in [-0.05, 0) is 49.1 Å². The summed E-state index contributed by atoms with van der Waals surface area (Å²) in [5.74, 6) is 0.0607. The number of carbonyl (C=O) groups is 1. The van der Waals surface area contributed by atoms with E-state index in [1.807, 2.05) is 42.2 Å². The first kappa shape index (κ1) is 13.6. The van der Waals surface area contributed by atoms with Crippen molar-refractivity contribution in [3.05, 3.63) is 59.4 Å². The lowest BCUT2D eigenvalue weighted by atomic mass is 10.1. The quantitative estimate of drug-likeness (QED) is 0.877. The highest BCUT2D eigenvalue weighted by molar-refractivity contribution is 5.94. The topological polar surface area (TPSA) is 59.2 Å². The molecule has 4 heteroatoms. The minimum atomic E-state index is 0.0607. The second-order valence-electron chi connectivity index (χ2n) is 5.66. The third-order valence-electron chi connectivity index (χ3n) is 3.70. The standard InChI is InChI=1S/C17H19N3O/c1-12-8-14(10-19-9-12)17(21)20(16-6-7-16)11-13-2-4-15(18)5-3-13/h2-5,8-10,16H,6-7,11,18H2,1H3. The van der Waals surface area contributed by atoms with E-state index in [2.05, 4.69) is 4.98 Å². The molecule has 1 saturated carbocycles. The normalized spacial score (nSPS) is 14.0. The van der Waals surface area contributed by atoms with Crippen molar-refractivity contribution in [2.45, 2.75) is 32.4 Å². The van der Waals surface area contributed by atoms with Crippen molar-refractivity contribution < 1.29 is 4.79 Å². The lowest BCUT2D eigenvalue weighted by Crippen LogP contribution is -2.32. The van der Waals surface area contributed by atoms with Gasteiger partial charge in [-0.2, -0.15) is 0 Å². The lowest BCUT2D eigenvalue weighted by molar-refractivity contribution is 0.0729. The summed E-state index contributed by atoms with van der Waals surface area (Å²) in [5.41, 5.74) is 9.22. The van der Waals surface area contributed by atoms with Gasteiger partial charge in [0.15, 0.2) is 0 Å². The van der Waals surface area contributed by atoms with Crippen molar-refractivity contribution in [1.82, 2.24) is 9.88 Å². The van der Waals surface area contributed by atoms with Gasteiger partial charge in [-0.1, -0.05) is 12.1 Å². The molecule has 1 fully saturated rings. The molecule has 0 spiro atoms. The zero-order chi connectivity index (χ0) is 14.8. The predicted molar refractivity (Wildman–Crippen MR) is 82.7 cm³/mol. The van der Waals surface area contributed by atoms with E-state index in [-0.39, 0.29) is 5.91 Å². The van der Waals surface area contributed by atoms with Crippen molar-refractivity contribution in [2.24, 2.45) is 0 Å². The van der Waals surface area contributed by atoms with Gasteiger partial charge in [0.25, 0.3) is 5.91 Å². The first-order valence-corrected chi connectivity index (χ1v) is 7.20. The molecule has 2 aromatic rings. The molecule has 2 N–H and O–H groups in total. The van der Waals surface area contributed by atoms with Gasteiger partial charge in [0, 0.05) is 30.7 Å². The fraction of sp³-hybridized carbons (Fsp3) is 0.294. The number of rotatable bonds is 4. The average molecular weight is 281 g/mol. The number of nitrogen functional groups attached to an aromatic ring is 1. The molecular formula is C17H19N3O. The van der Waals surface area contributed by atoms with Crippen LogP contribution in [0.25, 0.3) is 0 Å². The largest absolute Gasteiger partial charge is 0.399 e. The summed E-state index contributed by atoms with van der Waals surface area (Å²) in [7, 11) is 0. The Kier molecular flexibility index (Phi) is 3.60. The van der Waals surface area contributed by atoms with Crippen molar-refractivity contribution in [2.75, 3.05) is 5.73 Å². The number of nitrogens with two attached hydrogens (primary N) is 1. The van der Waals surface area contributed by atoms with Crippen LogP contribution >= 0.6 is 0 Å². The summed E-state index contributed by atoms with van der Waals surface area (Å²) in [6.07, 6.45) is 5.58. The minimum Gasteiger partial charge on any atom is -0.399 e. The maximum absolute atomic E-state index is 12.7.